The first-order valence-electron chi connectivity index (χ1n) is 6.29. The predicted molar refractivity (Wildman–Crippen MR) is 67.9 cm³/mol. The van der Waals surface area contributed by atoms with Crippen molar-refractivity contribution in [3.8, 4) is 0 Å². The number of hydrogen-bond acceptors (Lipinski definition) is 3. The normalized spacial score (nSPS) is 23.5. The molecule has 0 radical (unpaired) electrons. The van der Waals surface area contributed by atoms with Gasteiger partial charge >= 0.3 is 0 Å². The third kappa shape index (κ3) is 2.68. The van der Waals surface area contributed by atoms with Gasteiger partial charge in [-0.15, -0.1) is 0 Å². The summed E-state index contributed by atoms with van der Waals surface area (Å²) in [5.41, 5.74) is 6.67. The van der Waals surface area contributed by atoms with Crippen LogP contribution in [0.2, 0.25) is 0 Å². The van der Waals surface area contributed by atoms with Crippen LogP contribution in [-0.2, 0) is 10.2 Å². The molecule has 1 aromatic carbocycles. The molecule has 3 nitrogen and oxygen atoms in total. The minimum Gasteiger partial charge on any atom is -0.395 e. The molecule has 2 rings (SSSR count). The van der Waals surface area contributed by atoms with Gasteiger partial charge in [0.05, 0.1) is 12.7 Å². The Morgan fingerprint density at radius 3 is 2.65 bits per heavy atom. The van der Waals surface area contributed by atoms with E-state index in [0.29, 0.717) is 6.54 Å². The van der Waals surface area contributed by atoms with E-state index in [1.165, 1.54) is 0 Å². The first-order chi connectivity index (χ1) is 8.30. The molecular weight excluding hydrogens is 214 g/mol. The van der Waals surface area contributed by atoms with E-state index in [4.69, 9.17) is 10.5 Å². The van der Waals surface area contributed by atoms with Gasteiger partial charge in [0.15, 0.2) is 0 Å². The van der Waals surface area contributed by atoms with Crippen LogP contribution in [0.3, 0.4) is 0 Å². The van der Waals surface area contributed by atoms with E-state index in [1.807, 2.05) is 30.3 Å². The van der Waals surface area contributed by atoms with Crippen molar-refractivity contribution >= 4 is 0 Å². The first-order valence-corrected chi connectivity index (χ1v) is 6.29. The van der Waals surface area contributed by atoms with Crippen LogP contribution in [0.15, 0.2) is 30.3 Å². The molecule has 1 aliphatic rings. The molecule has 0 saturated carbocycles. The molecule has 1 fully saturated rings. The van der Waals surface area contributed by atoms with Gasteiger partial charge in [-0.2, -0.15) is 0 Å². The second-order valence-corrected chi connectivity index (χ2v) is 4.85. The average molecular weight is 235 g/mol. The number of ether oxygens (including phenoxy) is 1. The minimum atomic E-state index is -0.351. The number of nitrogens with two attached hydrogens (primary N) is 1. The topological polar surface area (TPSA) is 55.5 Å². The molecule has 94 valence electrons. The van der Waals surface area contributed by atoms with E-state index >= 15 is 0 Å². The Morgan fingerprint density at radius 2 is 2.12 bits per heavy atom. The molecule has 1 aliphatic heterocycles. The summed E-state index contributed by atoms with van der Waals surface area (Å²) in [5, 5.41) is 9.75. The van der Waals surface area contributed by atoms with Gasteiger partial charge in [-0.3, -0.25) is 0 Å². The Morgan fingerprint density at radius 1 is 1.35 bits per heavy atom. The highest BCUT2D eigenvalue weighted by molar-refractivity contribution is 5.26. The Labute approximate surface area is 103 Å². The highest BCUT2D eigenvalue weighted by Crippen LogP contribution is 2.32. The lowest BCUT2D eigenvalue weighted by molar-refractivity contribution is 0.0657. The van der Waals surface area contributed by atoms with Crippen LogP contribution in [0.25, 0.3) is 0 Å². The quantitative estimate of drug-likeness (QED) is 0.812. The van der Waals surface area contributed by atoms with Crippen LogP contribution in [0.5, 0.6) is 0 Å². The molecule has 1 heterocycles. The maximum atomic E-state index is 9.75. The molecule has 1 saturated heterocycles. The van der Waals surface area contributed by atoms with E-state index in [1.54, 1.807) is 0 Å². The van der Waals surface area contributed by atoms with Crippen molar-refractivity contribution in [2.24, 2.45) is 5.73 Å². The highest BCUT2D eigenvalue weighted by atomic mass is 16.5. The molecule has 2 atom stereocenters. The van der Waals surface area contributed by atoms with Crippen molar-refractivity contribution in [2.45, 2.75) is 30.8 Å². The van der Waals surface area contributed by atoms with Crippen molar-refractivity contribution in [2.75, 3.05) is 19.8 Å². The van der Waals surface area contributed by atoms with Crippen molar-refractivity contribution in [3.63, 3.8) is 0 Å². The summed E-state index contributed by atoms with van der Waals surface area (Å²) in [6.45, 7) is 1.37. The Kier molecular flexibility index (Phi) is 4.15. The summed E-state index contributed by atoms with van der Waals surface area (Å²) in [5.74, 6) is 0. The van der Waals surface area contributed by atoms with Gasteiger partial charge in [-0.05, 0) is 24.8 Å². The number of rotatable bonds is 5. The van der Waals surface area contributed by atoms with Crippen LogP contribution in [0.4, 0.5) is 0 Å². The Bertz CT molecular complexity index is 329. The van der Waals surface area contributed by atoms with Crippen molar-refractivity contribution < 1.29 is 9.84 Å². The summed E-state index contributed by atoms with van der Waals surface area (Å²) < 4.78 is 5.67. The smallest absolute Gasteiger partial charge is 0.0585 e. The zero-order valence-electron chi connectivity index (χ0n) is 10.1. The van der Waals surface area contributed by atoms with Gasteiger partial charge in [0.1, 0.15) is 0 Å². The highest BCUT2D eigenvalue weighted by Gasteiger charge is 2.34. The maximum absolute atomic E-state index is 9.75. The summed E-state index contributed by atoms with van der Waals surface area (Å²) in [4.78, 5) is 0. The lowest BCUT2D eigenvalue weighted by Gasteiger charge is -2.33. The Hall–Kier alpha value is -0.900. The number of hydrogen-bond donors (Lipinski definition) is 2. The van der Waals surface area contributed by atoms with Crippen LogP contribution in [0, 0.1) is 0 Å². The molecule has 3 N–H and O–H groups in total. The van der Waals surface area contributed by atoms with Gasteiger partial charge in [0, 0.05) is 18.6 Å². The molecular formula is C14H21NO2. The van der Waals surface area contributed by atoms with E-state index in [0.717, 1.165) is 31.4 Å². The third-order valence-corrected chi connectivity index (χ3v) is 3.72. The lowest BCUT2D eigenvalue weighted by Crippen LogP contribution is -2.41. The SMILES string of the molecule is NCC(CO)(CC1CCCO1)c1ccccc1. The van der Waals surface area contributed by atoms with E-state index in [-0.39, 0.29) is 18.1 Å². The third-order valence-electron chi connectivity index (χ3n) is 3.72. The summed E-state index contributed by atoms with van der Waals surface area (Å²) >= 11 is 0. The summed E-state index contributed by atoms with van der Waals surface area (Å²) in [6.07, 6.45) is 3.25. The van der Waals surface area contributed by atoms with E-state index in [2.05, 4.69) is 0 Å². The molecule has 1 aromatic rings. The summed E-state index contributed by atoms with van der Waals surface area (Å²) in [6, 6.07) is 10.0. The maximum Gasteiger partial charge on any atom is 0.0585 e. The molecule has 0 bridgehead atoms. The van der Waals surface area contributed by atoms with Crippen molar-refractivity contribution in [1.29, 1.82) is 0 Å². The minimum absolute atomic E-state index is 0.0768. The van der Waals surface area contributed by atoms with Gasteiger partial charge in [-0.25, -0.2) is 0 Å². The van der Waals surface area contributed by atoms with Crippen LogP contribution >= 0.6 is 0 Å². The largest absolute Gasteiger partial charge is 0.395 e. The number of aliphatic hydroxyl groups excluding tert-OH is 1. The standard InChI is InChI=1S/C14H21NO2/c15-10-14(11-16,9-13-7-4-8-17-13)12-5-2-1-3-6-12/h1-3,5-6,13,16H,4,7-11,15H2. The van der Waals surface area contributed by atoms with E-state index in [9.17, 15) is 5.11 Å². The van der Waals surface area contributed by atoms with Gasteiger partial charge in [0.2, 0.25) is 0 Å². The molecule has 0 spiro atoms. The molecule has 3 heteroatoms. The average Bonchev–Trinajstić information content (AvgIpc) is 2.90. The van der Waals surface area contributed by atoms with E-state index < -0.39 is 0 Å². The zero-order chi connectivity index (χ0) is 12.1. The van der Waals surface area contributed by atoms with Crippen LogP contribution < -0.4 is 5.73 Å². The zero-order valence-corrected chi connectivity index (χ0v) is 10.1. The molecule has 0 aliphatic carbocycles. The predicted octanol–water partition coefficient (Wildman–Crippen LogP) is 1.44. The second kappa shape index (κ2) is 5.63. The lowest BCUT2D eigenvalue weighted by atomic mass is 9.76. The fraction of sp³-hybridized carbons (Fsp3) is 0.571. The van der Waals surface area contributed by atoms with Crippen LogP contribution in [0.1, 0.15) is 24.8 Å². The van der Waals surface area contributed by atoms with Crippen LogP contribution in [-0.4, -0.2) is 31.0 Å². The molecule has 0 aromatic heterocycles. The fourth-order valence-electron chi connectivity index (χ4n) is 2.57. The van der Waals surface area contributed by atoms with Gasteiger partial charge < -0.3 is 15.6 Å². The molecule has 17 heavy (non-hydrogen) atoms. The first kappa shape index (κ1) is 12.6. The van der Waals surface area contributed by atoms with Gasteiger partial charge in [-0.1, -0.05) is 30.3 Å². The van der Waals surface area contributed by atoms with Crippen molar-refractivity contribution in [1.82, 2.24) is 0 Å². The van der Waals surface area contributed by atoms with Crippen molar-refractivity contribution in [3.05, 3.63) is 35.9 Å². The summed E-state index contributed by atoms with van der Waals surface area (Å²) in [7, 11) is 0. The fourth-order valence-corrected chi connectivity index (χ4v) is 2.57. The number of aliphatic hydroxyl groups is 1. The molecule has 2 unspecified atom stereocenters. The second-order valence-electron chi connectivity index (χ2n) is 4.85. The number of benzene rings is 1. The monoisotopic (exact) mass is 235 g/mol. The molecule has 0 amide bonds. The van der Waals surface area contributed by atoms with Gasteiger partial charge in [0.25, 0.3) is 0 Å². The Balaban J connectivity index is 2.19.